The molecule has 1 aliphatic heterocycles. The van der Waals surface area contributed by atoms with E-state index in [2.05, 4.69) is 4.98 Å². The summed E-state index contributed by atoms with van der Waals surface area (Å²) >= 11 is 12.2. The minimum Gasteiger partial charge on any atom is -0.396 e. The third-order valence-corrected chi connectivity index (χ3v) is 7.69. The quantitative estimate of drug-likeness (QED) is 0.396. The number of amides is 1. The minimum atomic E-state index is -1.66. The maximum Gasteiger partial charge on any atom is 0.257 e. The van der Waals surface area contributed by atoms with Gasteiger partial charge in [-0.2, -0.15) is 0 Å². The molecule has 1 aromatic heterocycles. The van der Waals surface area contributed by atoms with Crippen molar-refractivity contribution in [1.29, 1.82) is 0 Å². The van der Waals surface area contributed by atoms with Crippen molar-refractivity contribution in [2.45, 2.75) is 44.6 Å². The van der Waals surface area contributed by atoms with Crippen LogP contribution in [-0.2, 0) is 22.6 Å². The van der Waals surface area contributed by atoms with Crippen LogP contribution in [0, 0.1) is 11.2 Å². The van der Waals surface area contributed by atoms with Crippen LogP contribution in [0.4, 0.5) is 4.39 Å². The van der Waals surface area contributed by atoms with E-state index in [0.29, 0.717) is 21.3 Å². The van der Waals surface area contributed by atoms with Gasteiger partial charge in [-0.05, 0) is 68.7 Å². The van der Waals surface area contributed by atoms with Gasteiger partial charge in [0, 0.05) is 22.2 Å². The molecule has 1 unspecified atom stereocenters. The Kier molecular flexibility index (Phi) is 6.57. The fourth-order valence-electron chi connectivity index (χ4n) is 4.73. The van der Waals surface area contributed by atoms with Crippen LogP contribution in [0.3, 0.4) is 0 Å². The van der Waals surface area contributed by atoms with E-state index >= 15 is 4.39 Å². The molecule has 9 heteroatoms. The van der Waals surface area contributed by atoms with Gasteiger partial charge in [0.05, 0.1) is 47.2 Å². The first kappa shape index (κ1) is 26.1. The molecule has 3 aromatic rings. The lowest BCUT2D eigenvalue weighted by Gasteiger charge is -2.40. The van der Waals surface area contributed by atoms with Gasteiger partial charge in [-0.1, -0.05) is 35.3 Å². The van der Waals surface area contributed by atoms with E-state index in [1.165, 1.54) is 37.1 Å². The van der Waals surface area contributed by atoms with Crippen LogP contribution in [0.1, 0.15) is 59.4 Å². The summed E-state index contributed by atoms with van der Waals surface area (Å²) in [5.74, 6) is -1.15. The number of ether oxygens (including phenoxy) is 1. The Morgan fingerprint density at radius 1 is 1.11 bits per heavy atom. The Labute approximate surface area is 224 Å². The van der Waals surface area contributed by atoms with Crippen molar-refractivity contribution in [1.82, 2.24) is 9.88 Å². The number of halogens is 3. The van der Waals surface area contributed by atoms with Crippen molar-refractivity contribution < 1.29 is 24.1 Å². The molecule has 0 bridgehead atoms. The molecular formula is C28H27Cl2FN2O4. The van der Waals surface area contributed by atoms with Crippen molar-refractivity contribution >= 4 is 29.1 Å². The number of fused-ring (bicyclic) bond motifs is 1. The molecule has 1 saturated carbocycles. The molecule has 194 valence electrons. The van der Waals surface area contributed by atoms with Crippen molar-refractivity contribution in [3.8, 4) is 0 Å². The number of hydrogen-bond acceptors (Lipinski definition) is 5. The Balaban J connectivity index is 1.74. The Morgan fingerprint density at radius 2 is 1.78 bits per heavy atom. The number of benzene rings is 2. The Hall–Kier alpha value is -2.55. The molecular weight excluding hydrogens is 518 g/mol. The van der Waals surface area contributed by atoms with E-state index in [1.54, 1.807) is 36.4 Å². The van der Waals surface area contributed by atoms with Crippen LogP contribution >= 0.6 is 23.2 Å². The highest BCUT2D eigenvalue weighted by atomic mass is 35.5. The lowest BCUT2D eigenvalue weighted by Crippen LogP contribution is -2.48. The van der Waals surface area contributed by atoms with Gasteiger partial charge in [-0.3, -0.25) is 14.7 Å². The first-order valence-electron chi connectivity index (χ1n) is 12.0. The highest BCUT2D eigenvalue weighted by Gasteiger charge is 2.56. The number of carbonyl (C=O) groups excluding carboxylic acids is 1. The van der Waals surface area contributed by atoms with Gasteiger partial charge in [-0.25, -0.2) is 4.39 Å². The average Bonchev–Trinajstić information content (AvgIpc) is 3.60. The lowest BCUT2D eigenvalue weighted by atomic mass is 9.88. The van der Waals surface area contributed by atoms with Gasteiger partial charge in [0.25, 0.3) is 5.91 Å². The molecule has 6 nitrogen and oxygen atoms in total. The maximum atomic E-state index is 16.1. The number of aliphatic hydroxyl groups is 2. The summed E-state index contributed by atoms with van der Waals surface area (Å²) in [7, 11) is 0. The fraction of sp³-hybridized carbons (Fsp3) is 0.357. The van der Waals surface area contributed by atoms with Gasteiger partial charge in [0.2, 0.25) is 0 Å². The van der Waals surface area contributed by atoms with Crippen LogP contribution in [0.15, 0.2) is 54.7 Å². The first-order chi connectivity index (χ1) is 17.5. The van der Waals surface area contributed by atoms with Gasteiger partial charge in [0.1, 0.15) is 5.82 Å². The summed E-state index contributed by atoms with van der Waals surface area (Å²) < 4.78 is 22.7. The lowest BCUT2D eigenvalue weighted by molar-refractivity contribution is -0.130. The van der Waals surface area contributed by atoms with E-state index < -0.39 is 28.5 Å². The van der Waals surface area contributed by atoms with Gasteiger partial charge in [0.15, 0.2) is 5.72 Å². The summed E-state index contributed by atoms with van der Waals surface area (Å²) in [4.78, 5) is 19.8. The highest BCUT2D eigenvalue weighted by molar-refractivity contribution is 6.30. The molecule has 1 amide bonds. The van der Waals surface area contributed by atoms with Gasteiger partial charge >= 0.3 is 0 Å². The molecule has 5 rings (SSSR count). The zero-order valence-electron chi connectivity index (χ0n) is 20.5. The van der Waals surface area contributed by atoms with Crippen molar-refractivity contribution in [2.24, 2.45) is 5.41 Å². The molecule has 0 spiro atoms. The van der Waals surface area contributed by atoms with E-state index in [-0.39, 0.29) is 36.4 Å². The van der Waals surface area contributed by atoms with E-state index in [0.717, 1.165) is 12.8 Å². The maximum absolute atomic E-state index is 16.1. The molecule has 0 radical (unpaired) electrons. The standard InChI is InChI=1S/C28H27Cl2FN2O4/c1-26(2,36)18-11-22-24(23(31)12-18)28(17-3-5-19(29)6-4-17,37-16-27(15-34)9-10-27)33(25(22)35)14-21-8-7-20(30)13-32-21/h3-8,11-13,34,36H,9-10,14-16H2,1-2H3. The van der Waals surface area contributed by atoms with Crippen LogP contribution in [0.2, 0.25) is 10.0 Å². The monoisotopic (exact) mass is 544 g/mol. The molecule has 1 aliphatic carbocycles. The third kappa shape index (κ3) is 4.64. The molecule has 1 atom stereocenters. The SMILES string of the molecule is CC(C)(O)c1cc(F)c2c(c1)C(=O)N(Cc1ccc(Cl)cn1)C2(OCC1(CO)CC1)c1ccc(Cl)cc1. The second-order valence-electron chi connectivity index (χ2n) is 10.4. The number of nitrogens with zero attached hydrogens (tertiary/aromatic N) is 2. The van der Waals surface area contributed by atoms with E-state index in [4.69, 9.17) is 27.9 Å². The normalized spacial score (nSPS) is 20.3. The molecule has 2 heterocycles. The number of aromatic nitrogens is 1. The topological polar surface area (TPSA) is 82.9 Å². The van der Waals surface area contributed by atoms with Crippen LogP contribution in [-0.4, -0.2) is 39.2 Å². The second-order valence-corrected chi connectivity index (χ2v) is 11.3. The van der Waals surface area contributed by atoms with E-state index in [1.807, 2.05) is 0 Å². The fourth-order valence-corrected chi connectivity index (χ4v) is 4.97. The number of aliphatic hydroxyl groups excluding tert-OH is 1. The highest BCUT2D eigenvalue weighted by Crippen LogP contribution is 2.52. The van der Waals surface area contributed by atoms with Gasteiger partial charge in [-0.15, -0.1) is 0 Å². The third-order valence-electron chi connectivity index (χ3n) is 7.22. The predicted molar refractivity (Wildman–Crippen MR) is 138 cm³/mol. The van der Waals surface area contributed by atoms with Crippen LogP contribution < -0.4 is 0 Å². The summed E-state index contributed by atoms with van der Waals surface area (Å²) in [6.07, 6.45) is 3.01. The molecule has 2 N–H and O–H groups in total. The van der Waals surface area contributed by atoms with Crippen LogP contribution in [0.25, 0.3) is 0 Å². The van der Waals surface area contributed by atoms with Gasteiger partial charge < -0.3 is 14.9 Å². The minimum absolute atomic E-state index is 0.00325. The first-order valence-corrected chi connectivity index (χ1v) is 12.7. The van der Waals surface area contributed by atoms with Crippen molar-refractivity contribution in [3.05, 3.63) is 98.5 Å². The molecule has 37 heavy (non-hydrogen) atoms. The molecule has 2 aliphatic rings. The van der Waals surface area contributed by atoms with E-state index in [9.17, 15) is 15.0 Å². The smallest absolute Gasteiger partial charge is 0.257 e. The summed E-state index contributed by atoms with van der Waals surface area (Å²) in [5.41, 5.74) is -2.04. The number of hydrogen-bond donors (Lipinski definition) is 2. The second kappa shape index (κ2) is 9.33. The Morgan fingerprint density at radius 3 is 2.35 bits per heavy atom. The predicted octanol–water partition coefficient (Wildman–Crippen LogP) is 5.40. The van der Waals surface area contributed by atoms with Crippen molar-refractivity contribution in [2.75, 3.05) is 13.2 Å². The van der Waals surface area contributed by atoms with Crippen LogP contribution in [0.5, 0.6) is 0 Å². The number of carbonyl (C=O) groups is 1. The largest absolute Gasteiger partial charge is 0.396 e. The Bertz CT molecular complexity index is 1340. The number of pyridine rings is 1. The summed E-state index contributed by atoms with van der Waals surface area (Å²) in [6, 6.07) is 12.8. The summed E-state index contributed by atoms with van der Waals surface area (Å²) in [6.45, 7) is 3.09. The molecule has 1 fully saturated rings. The number of rotatable bonds is 8. The zero-order chi connectivity index (χ0) is 26.6. The molecule has 2 aromatic carbocycles. The van der Waals surface area contributed by atoms with Crippen molar-refractivity contribution in [3.63, 3.8) is 0 Å². The average molecular weight is 545 g/mol. The summed E-state index contributed by atoms with van der Waals surface area (Å²) in [5, 5.41) is 21.5. The zero-order valence-corrected chi connectivity index (χ0v) is 22.0. The molecule has 0 saturated heterocycles.